The molecule has 0 spiro atoms. The molecule has 1 N–H and O–H groups in total. The van der Waals surface area contributed by atoms with Crippen molar-refractivity contribution in [3.05, 3.63) is 0 Å². The summed E-state index contributed by atoms with van der Waals surface area (Å²) in [5.74, 6) is -0.0124. The minimum atomic E-state index is -0.797. The van der Waals surface area contributed by atoms with Gasteiger partial charge in [0.15, 0.2) is 0 Å². The monoisotopic (exact) mass is 254 g/mol. The molecule has 0 saturated carbocycles. The molecule has 1 aliphatic heterocycles. The number of hydrogen-bond donors (Lipinski definition) is 1. The van der Waals surface area contributed by atoms with Crippen LogP contribution in [0.3, 0.4) is 0 Å². The Bertz CT molecular complexity index is 348. The van der Waals surface area contributed by atoms with E-state index in [4.69, 9.17) is 0 Å². The summed E-state index contributed by atoms with van der Waals surface area (Å²) in [6.07, 6.45) is 2.39. The predicted octanol–water partition coefficient (Wildman–Crippen LogP) is 2.08. The molecule has 4 nitrogen and oxygen atoms in total. The zero-order valence-corrected chi connectivity index (χ0v) is 12.5. The number of amides is 2. The van der Waals surface area contributed by atoms with Crippen LogP contribution in [0.15, 0.2) is 0 Å². The third kappa shape index (κ3) is 2.13. The molecule has 0 aliphatic carbocycles. The summed E-state index contributed by atoms with van der Waals surface area (Å²) in [6, 6.07) is 0.132. The molecule has 0 aromatic heterocycles. The fraction of sp³-hybridized carbons (Fsp3) is 0.857. The van der Waals surface area contributed by atoms with Crippen molar-refractivity contribution in [2.75, 3.05) is 0 Å². The Morgan fingerprint density at radius 1 is 1.11 bits per heavy atom. The van der Waals surface area contributed by atoms with E-state index < -0.39 is 11.1 Å². The van der Waals surface area contributed by atoms with Crippen LogP contribution in [0.2, 0.25) is 0 Å². The highest BCUT2D eigenvalue weighted by molar-refractivity contribution is 6.01. The Morgan fingerprint density at radius 2 is 1.61 bits per heavy atom. The zero-order valence-electron chi connectivity index (χ0n) is 12.5. The molecule has 1 saturated heterocycles. The molecule has 1 rings (SSSR count). The lowest BCUT2D eigenvalue weighted by atomic mass is 9.84. The second kappa shape index (κ2) is 4.90. The topological polar surface area (TPSA) is 49.4 Å². The number of hydrogen-bond acceptors (Lipinski definition) is 2. The number of rotatable bonds is 4. The van der Waals surface area contributed by atoms with Gasteiger partial charge in [0.2, 0.25) is 11.8 Å². The van der Waals surface area contributed by atoms with Gasteiger partial charge in [0.25, 0.3) is 0 Å². The molecule has 1 unspecified atom stereocenters. The van der Waals surface area contributed by atoms with Crippen LogP contribution in [0, 0.1) is 0 Å². The van der Waals surface area contributed by atoms with E-state index >= 15 is 0 Å². The minimum absolute atomic E-state index is 0.0279. The summed E-state index contributed by atoms with van der Waals surface area (Å²) in [7, 11) is 0. The van der Waals surface area contributed by atoms with E-state index in [1.807, 2.05) is 18.7 Å². The molecular weight excluding hydrogens is 228 g/mol. The van der Waals surface area contributed by atoms with Gasteiger partial charge in [-0.2, -0.15) is 0 Å². The molecular formula is C14H26N2O2. The summed E-state index contributed by atoms with van der Waals surface area (Å²) >= 11 is 0. The van der Waals surface area contributed by atoms with E-state index in [0.717, 1.165) is 12.8 Å². The van der Waals surface area contributed by atoms with Crippen molar-refractivity contribution in [1.82, 2.24) is 10.2 Å². The number of carbonyl (C=O) groups is 2. The summed E-state index contributed by atoms with van der Waals surface area (Å²) in [5, 5.41) is 2.85. The average Bonchev–Trinajstić information content (AvgIpc) is 2.32. The van der Waals surface area contributed by atoms with Gasteiger partial charge in [0.05, 0.1) is 0 Å². The molecule has 18 heavy (non-hydrogen) atoms. The first kappa shape index (κ1) is 15.0. The van der Waals surface area contributed by atoms with Crippen molar-refractivity contribution in [3.8, 4) is 0 Å². The maximum atomic E-state index is 12.6. The fourth-order valence-electron chi connectivity index (χ4n) is 2.66. The summed E-state index contributed by atoms with van der Waals surface area (Å²) in [4.78, 5) is 26.8. The first-order valence-electron chi connectivity index (χ1n) is 6.91. The van der Waals surface area contributed by atoms with E-state index in [1.165, 1.54) is 0 Å². The largest absolute Gasteiger partial charge is 0.340 e. The summed E-state index contributed by atoms with van der Waals surface area (Å²) in [6.45, 7) is 11.5. The molecule has 1 aliphatic rings. The number of carbonyl (C=O) groups excluding carboxylic acids is 2. The van der Waals surface area contributed by atoms with Gasteiger partial charge < -0.3 is 10.2 Å². The molecule has 0 aromatic rings. The highest BCUT2D eigenvalue weighted by Gasteiger charge is 2.53. The third-order valence-electron chi connectivity index (χ3n) is 4.20. The maximum absolute atomic E-state index is 12.6. The van der Waals surface area contributed by atoms with Gasteiger partial charge in [-0.15, -0.1) is 0 Å². The van der Waals surface area contributed by atoms with Crippen molar-refractivity contribution in [3.63, 3.8) is 0 Å². The normalized spacial score (nSPS) is 27.6. The van der Waals surface area contributed by atoms with Gasteiger partial charge in [-0.1, -0.05) is 20.8 Å². The predicted molar refractivity (Wildman–Crippen MR) is 72.1 cm³/mol. The lowest BCUT2D eigenvalue weighted by Crippen LogP contribution is -2.74. The van der Waals surface area contributed by atoms with Crippen molar-refractivity contribution < 1.29 is 9.59 Å². The van der Waals surface area contributed by atoms with E-state index in [0.29, 0.717) is 6.42 Å². The Kier molecular flexibility index (Phi) is 4.08. The van der Waals surface area contributed by atoms with E-state index in [-0.39, 0.29) is 17.9 Å². The van der Waals surface area contributed by atoms with Crippen LogP contribution in [-0.4, -0.2) is 33.8 Å². The average molecular weight is 254 g/mol. The molecule has 104 valence electrons. The molecule has 2 amide bonds. The van der Waals surface area contributed by atoms with Gasteiger partial charge in [0, 0.05) is 6.04 Å². The quantitative estimate of drug-likeness (QED) is 0.835. The number of nitrogens with one attached hydrogen (secondary N) is 1. The fourth-order valence-corrected chi connectivity index (χ4v) is 2.66. The number of nitrogens with zero attached hydrogens (tertiary/aromatic N) is 1. The highest BCUT2D eigenvalue weighted by atomic mass is 16.2. The standard InChI is InChI=1S/C14H26N2O2/c1-7-10(8-2)16-12(18)13(4,5)15-11(17)14(16,6)9-3/h10H,7-9H2,1-6H3,(H,15,17). The zero-order chi connectivity index (χ0) is 14.1. The molecule has 4 heteroatoms. The van der Waals surface area contributed by atoms with E-state index in [1.54, 1.807) is 13.8 Å². The molecule has 0 bridgehead atoms. The lowest BCUT2D eigenvalue weighted by Gasteiger charge is -2.52. The maximum Gasteiger partial charge on any atom is 0.248 e. The van der Waals surface area contributed by atoms with Crippen molar-refractivity contribution in [2.45, 2.75) is 77.9 Å². The van der Waals surface area contributed by atoms with Crippen LogP contribution in [0.4, 0.5) is 0 Å². The molecule has 0 radical (unpaired) electrons. The van der Waals surface area contributed by atoms with Gasteiger partial charge in [0.1, 0.15) is 11.1 Å². The Morgan fingerprint density at radius 3 is 2.00 bits per heavy atom. The Labute approximate surface area is 110 Å². The number of piperazine rings is 1. The van der Waals surface area contributed by atoms with Crippen LogP contribution in [0.25, 0.3) is 0 Å². The van der Waals surface area contributed by atoms with Gasteiger partial charge in [-0.3, -0.25) is 9.59 Å². The minimum Gasteiger partial charge on any atom is -0.340 e. The first-order chi connectivity index (χ1) is 8.24. The van der Waals surface area contributed by atoms with Crippen LogP contribution in [0.1, 0.15) is 60.8 Å². The van der Waals surface area contributed by atoms with Crippen LogP contribution < -0.4 is 5.32 Å². The van der Waals surface area contributed by atoms with Crippen LogP contribution >= 0.6 is 0 Å². The molecule has 1 fully saturated rings. The van der Waals surface area contributed by atoms with Crippen molar-refractivity contribution >= 4 is 11.8 Å². The Balaban J connectivity index is 3.26. The van der Waals surface area contributed by atoms with Crippen LogP contribution in [-0.2, 0) is 9.59 Å². The van der Waals surface area contributed by atoms with Crippen molar-refractivity contribution in [1.29, 1.82) is 0 Å². The highest BCUT2D eigenvalue weighted by Crippen LogP contribution is 2.32. The van der Waals surface area contributed by atoms with Crippen LogP contribution in [0.5, 0.6) is 0 Å². The second-order valence-electron chi connectivity index (χ2n) is 5.85. The lowest BCUT2D eigenvalue weighted by molar-refractivity contribution is -0.164. The van der Waals surface area contributed by atoms with Gasteiger partial charge in [-0.25, -0.2) is 0 Å². The molecule has 1 atom stereocenters. The summed E-state index contributed by atoms with van der Waals surface area (Å²) < 4.78 is 0. The van der Waals surface area contributed by atoms with Gasteiger partial charge in [-0.05, 0) is 40.0 Å². The smallest absolute Gasteiger partial charge is 0.248 e. The SMILES string of the molecule is CCC(CC)N1C(=O)C(C)(C)NC(=O)C1(C)CC. The first-order valence-corrected chi connectivity index (χ1v) is 6.91. The molecule has 0 aromatic carbocycles. The van der Waals surface area contributed by atoms with Crippen molar-refractivity contribution in [2.24, 2.45) is 0 Å². The Hall–Kier alpha value is -1.06. The molecule has 1 heterocycles. The third-order valence-corrected chi connectivity index (χ3v) is 4.20. The van der Waals surface area contributed by atoms with Gasteiger partial charge >= 0.3 is 0 Å². The van der Waals surface area contributed by atoms with E-state index in [9.17, 15) is 9.59 Å². The second-order valence-corrected chi connectivity index (χ2v) is 5.85. The summed E-state index contributed by atoms with van der Waals surface area (Å²) in [5.41, 5.74) is -1.52. The van der Waals surface area contributed by atoms with E-state index in [2.05, 4.69) is 19.2 Å².